The Bertz CT molecular complexity index is 814. The standard InChI is InChI=1S/C20H24N4O3S/c1-3-11-21-20(15-24(25)26)22-12-13-28-16-19-10-9-18(27-19)14-23(2)17-7-5-4-6-8-17/h1,4-10,15,21-22H,11-14,16H2,2H3/b20-15-. The number of thioether (sulfide) groups is 1. The molecule has 7 nitrogen and oxygen atoms in total. The molecular weight excluding hydrogens is 376 g/mol. The van der Waals surface area contributed by atoms with E-state index >= 15 is 0 Å². The molecule has 0 fully saturated rings. The Morgan fingerprint density at radius 1 is 1.29 bits per heavy atom. The van der Waals surface area contributed by atoms with Gasteiger partial charge in [-0.1, -0.05) is 24.1 Å². The van der Waals surface area contributed by atoms with Crippen molar-refractivity contribution in [3.8, 4) is 12.3 Å². The van der Waals surface area contributed by atoms with Gasteiger partial charge in [-0.05, 0) is 24.3 Å². The number of anilines is 1. The van der Waals surface area contributed by atoms with Crippen LogP contribution in [0.4, 0.5) is 5.69 Å². The largest absolute Gasteiger partial charge is 0.463 e. The highest BCUT2D eigenvalue weighted by atomic mass is 32.2. The lowest BCUT2D eigenvalue weighted by atomic mass is 10.3. The van der Waals surface area contributed by atoms with Gasteiger partial charge < -0.3 is 20.0 Å². The Morgan fingerprint density at radius 3 is 2.75 bits per heavy atom. The summed E-state index contributed by atoms with van der Waals surface area (Å²) in [4.78, 5) is 12.2. The van der Waals surface area contributed by atoms with Crippen LogP contribution in [0.25, 0.3) is 0 Å². The van der Waals surface area contributed by atoms with Crippen molar-refractivity contribution in [3.63, 3.8) is 0 Å². The molecule has 0 saturated carbocycles. The van der Waals surface area contributed by atoms with Crippen LogP contribution >= 0.6 is 11.8 Å². The third kappa shape index (κ3) is 7.68. The van der Waals surface area contributed by atoms with Gasteiger partial charge in [0, 0.05) is 25.0 Å². The fraction of sp³-hybridized carbons (Fsp3) is 0.300. The van der Waals surface area contributed by atoms with Gasteiger partial charge in [-0.15, -0.1) is 6.42 Å². The minimum absolute atomic E-state index is 0.229. The second kappa shape index (κ2) is 11.6. The van der Waals surface area contributed by atoms with Crippen LogP contribution in [0.3, 0.4) is 0 Å². The fourth-order valence-corrected chi connectivity index (χ4v) is 3.18. The van der Waals surface area contributed by atoms with Crippen LogP contribution < -0.4 is 15.5 Å². The fourth-order valence-electron chi connectivity index (χ4n) is 2.43. The summed E-state index contributed by atoms with van der Waals surface area (Å²) in [6, 6.07) is 14.1. The quantitative estimate of drug-likeness (QED) is 0.245. The third-order valence-corrected chi connectivity index (χ3v) is 4.71. The molecule has 0 atom stereocenters. The molecular formula is C20H24N4O3S. The zero-order valence-corrected chi connectivity index (χ0v) is 16.6. The Hall–Kier alpha value is -3.05. The van der Waals surface area contributed by atoms with E-state index in [1.54, 1.807) is 11.8 Å². The van der Waals surface area contributed by atoms with E-state index in [1.165, 1.54) is 0 Å². The molecule has 8 heteroatoms. The summed E-state index contributed by atoms with van der Waals surface area (Å²) < 4.78 is 5.89. The maximum absolute atomic E-state index is 10.6. The molecule has 0 aliphatic rings. The maximum Gasteiger partial charge on any atom is 0.274 e. The molecule has 148 valence electrons. The number of para-hydroxylation sites is 1. The van der Waals surface area contributed by atoms with Gasteiger partial charge in [0.05, 0.1) is 23.8 Å². The van der Waals surface area contributed by atoms with Crippen LogP contribution in [-0.4, -0.2) is 30.8 Å². The van der Waals surface area contributed by atoms with E-state index in [9.17, 15) is 10.1 Å². The van der Waals surface area contributed by atoms with Gasteiger partial charge in [-0.25, -0.2) is 0 Å². The Balaban J connectivity index is 1.71. The molecule has 0 unspecified atom stereocenters. The molecule has 2 rings (SSSR count). The Morgan fingerprint density at radius 2 is 2.04 bits per heavy atom. The van der Waals surface area contributed by atoms with Gasteiger partial charge in [-0.2, -0.15) is 11.8 Å². The molecule has 0 aliphatic carbocycles. The molecule has 2 aromatic rings. The molecule has 1 heterocycles. The van der Waals surface area contributed by atoms with Crippen molar-refractivity contribution in [1.29, 1.82) is 0 Å². The molecule has 1 aromatic heterocycles. The van der Waals surface area contributed by atoms with Crippen LogP contribution in [0.15, 0.2) is 58.9 Å². The van der Waals surface area contributed by atoms with Gasteiger partial charge in [0.2, 0.25) is 0 Å². The molecule has 0 spiro atoms. The number of hydrogen-bond acceptors (Lipinski definition) is 7. The summed E-state index contributed by atoms with van der Waals surface area (Å²) in [5, 5.41) is 16.4. The van der Waals surface area contributed by atoms with Crippen molar-refractivity contribution < 1.29 is 9.34 Å². The van der Waals surface area contributed by atoms with Gasteiger partial charge in [0.15, 0.2) is 5.82 Å². The molecule has 1 aromatic carbocycles. The molecule has 2 N–H and O–H groups in total. The monoisotopic (exact) mass is 400 g/mol. The smallest absolute Gasteiger partial charge is 0.274 e. The second-order valence-electron chi connectivity index (χ2n) is 5.92. The zero-order valence-electron chi connectivity index (χ0n) is 15.8. The van der Waals surface area contributed by atoms with E-state index in [0.29, 0.717) is 18.9 Å². The predicted octanol–water partition coefficient (Wildman–Crippen LogP) is 3.04. The number of nitro groups is 1. The molecule has 0 bridgehead atoms. The van der Waals surface area contributed by atoms with Crippen molar-refractivity contribution in [3.05, 3.63) is 76.1 Å². The summed E-state index contributed by atoms with van der Waals surface area (Å²) in [6.07, 6.45) is 6.04. The first-order chi connectivity index (χ1) is 13.6. The van der Waals surface area contributed by atoms with Gasteiger partial charge in [0.25, 0.3) is 6.20 Å². The normalized spacial score (nSPS) is 10.9. The van der Waals surface area contributed by atoms with E-state index < -0.39 is 4.92 Å². The number of nitrogens with one attached hydrogen (secondary N) is 2. The number of nitrogens with zero attached hydrogens (tertiary/aromatic N) is 2. The molecule has 0 saturated heterocycles. The summed E-state index contributed by atoms with van der Waals surface area (Å²) >= 11 is 1.68. The van der Waals surface area contributed by atoms with E-state index in [2.05, 4.69) is 33.6 Å². The lowest BCUT2D eigenvalue weighted by Crippen LogP contribution is -2.29. The lowest BCUT2D eigenvalue weighted by Gasteiger charge is -2.17. The van der Waals surface area contributed by atoms with E-state index in [1.807, 2.05) is 37.4 Å². The highest BCUT2D eigenvalue weighted by molar-refractivity contribution is 7.98. The van der Waals surface area contributed by atoms with Gasteiger partial charge in [0.1, 0.15) is 11.5 Å². The van der Waals surface area contributed by atoms with E-state index in [0.717, 1.165) is 34.9 Å². The Labute approximate surface area is 169 Å². The second-order valence-corrected chi connectivity index (χ2v) is 7.03. The first-order valence-electron chi connectivity index (χ1n) is 8.76. The predicted molar refractivity (Wildman–Crippen MR) is 113 cm³/mol. The van der Waals surface area contributed by atoms with Gasteiger partial charge in [-0.3, -0.25) is 10.1 Å². The van der Waals surface area contributed by atoms with Crippen molar-refractivity contribution in [1.82, 2.24) is 10.6 Å². The van der Waals surface area contributed by atoms with Crippen molar-refractivity contribution in [2.24, 2.45) is 0 Å². The average Bonchev–Trinajstić information content (AvgIpc) is 3.13. The minimum atomic E-state index is -0.518. The number of terminal acetylenes is 1. The molecule has 0 amide bonds. The van der Waals surface area contributed by atoms with Crippen LogP contribution in [0.5, 0.6) is 0 Å². The van der Waals surface area contributed by atoms with E-state index in [4.69, 9.17) is 10.8 Å². The third-order valence-electron chi connectivity index (χ3n) is 3.73. The Kier molecular flexibility index (Phi) is 8.82. The first-order valence-corrected chi connectivity index (χ1v) is 9.92. The highest BCUT2D eigenvalue weighted by Crippen LogP contribution is 2.19. The topological polar surface area (TPSA) is 83.6 Å². The summed E-state index contributed by atoms with van der Waals surface area (Å²) in [6.45, 7) is 1.50. The molecule has 28 heavy (non-hydrogen) atoms. The maximum atomic E-state index is 10.6. The lowest BCUT2D eigenvalue weighted by molar-refractivity contribution is -0.404. The van der Waals surface area contributed by atoms with Crippen LogP contribution in [-0.2, 0) is 12.3 Å². The number of rotatable bonds is 12. The highest BCUT2D eigenvalue weighted by Gasteiger charge is 2.07. The van der Waals surface area contributed by atoms with Crippen LogP contribution in [0.1, 0.15) is 11.5 Å². The number of hydrogen-bond donors (Lipinski definition) is 2. The average molecular weight is 401 g/mol. The van der Waals surface area contributed by atoms with Crippen molar-refractivity contribution >= 4 is 17.4 Å². The molecule has 0 aliphatic heterocycles. The van der Waals surface area contributed by atoms with Gasteiger partial charge >= 0.3 is 0 Å². The number of benzene rings is 1. The van der Waals surface area contributed by atoms with E-state index in [-0.39, 0.29) is 6.54 Å². The molecule has 0 radical (unpaired) electrons. The van der Waals surface area contributed by atoms with Crippen LogP contribution in [0, 0.1) is 22.5 Å². The summed E-state index contributed by atoms with van der Waals surface area (Å²) in [5.74, 6) is 6.03. The zero-order chi connectivity index (χ0) is 20.2. The SMILES string of the molecule is C#CCN/C(=C/[N+](=O)[O-])NCCSCc1ccc(CN(C)c2ccccc2)o1. The minimum Gasteiger partial charge on any atom is -0.463 e. The van der Waals surface area contributed by atoms with Crippen molar-refractivity contribution in [2.75, 3.05) is 30.8 Å². The summed E-state index contributed by atoms with van der Waals surface area (Å²) in [5.41, 5.74) is 1.14. The summed E-state index contributed by atoms with van der Waals surface area (Å²) in [7, 11) is 2.03. The van der Waals surface area contributed by atoms with Crippen molar-refractivity contribution in [2.45, 2.75) is 12.3 Å². The number of furan rings is 1. The first kappa shape index (κ1) is 21.3. The van der Waals surface area contributed by atoms with Crippen LogP contribution in [0.2, 0.25) is 0 Å².